The number of carbonyl (C=O) groups is 1. The first-order valence-corrected chi connectivity index (χ1v) is 24.8. The van der Waals surface area contributed by atoms with E-state index in [0.717, 1.165) is 62.3 Å². The molecule has 3 aliphatic rings. The summed E-state index contributed by atoms with van der Waals surface area (Å²) in [6.07, 6.45) is 6.72. The molecule has 3 aromatic carbocycles. The largest absolute Gasteiger partial charge is 0.490 e. The molecule has 0 spiro atoms. The van der Waals surface area contributed by atoms with Gasteiger partial charge in [-0.3, -0.25) is 14.5 Å². The second-order valence-electron chi connectivity index (χ2n) is 18.2. The molecule has 1 aliphatic heterocycles. The van der Waals surface area contributed by atoms with Gasteiger partial charge in [-0.1, -0.05) is 35.3 Å². The number of ether oxygens (including phenoxy) is 5. The average molecular weight is 1000 g/mol. The molecule has 2 N–H and O–H groups in total. The van der Waals surface area contributed by atoms with Gasteiger partial charge in [-0.05, 0) is 112 Å². The van der Waals surface area contributed by atoms with Crippen LogP contribution in [0.3, 0.4) is 0 Å². The number of carboxylic acids is 1. The van der Waals surface area contributed by atoms with E-state index < -0.39 is 23.6 Å². The van der Waals surface area contributed by atoms with Gasteiger partial charge in [0.25, 0.3) is 5.56 Å². The Kier molecular flexibility index (Phi) is 14.9. The number of hydrogen-bond donors (Lipinski definition) is 2. The Hall–Kier alpha value is -5.20. The number of likely N-dealkylation sites (N-methyl/N-ethyl adjacent to an activating group) is 1. The van der Waals surface area contributed by atoms with Crippen LogP contribution in [0.5, 0.6) is 17.2 Å². The zero-order valence-corrected chi connectivity index (χ0v) is 41.3. The Bertz CT molecular complexity index is 2860. The third-order valence-electron chi connectivity index (χ3n) is 13.5. The van der Waals surface area contributed by atoms with E-state index in [9.17, 15) is 19.1 Å². The number of H-pyrrole nitrogens is 1. The lowest BCUT2D eigenvalue weighted by Gasteiger charge is -2.35. The van der Waals surface area contributed by atoms with E-state index in [1.165, 1.54) is 29.8 Å². The lowest BCUT2D eigenvalue weighted by molar-refractivity contribution is -0.138. The molecule has 6 aromatic rings. The van der Waals surface area contributed by atoms with E-state index in [2.05, 4.69) is 31.8 Å². The smallest absolute Gasteiger partial charge is 0.307 e. The number of nitrogens with one attached hydrogen (secondary N) is 1. The van der Waals surface area contributed by atoms with Gasteiger partial charge >= 0.3 is 5.97 Å². The van der Waals surface area contributed by atoms with Crippen molar-refractivity contribution in [2.75, 3.05) is 66.7 Å². The van der Waals surface area contributed by atoms with Gasteiger partial charge in [-0.15, -0.1) is 11.3 Å². The summed E-state index contributed by atoms with van der Waals surface area (Å²) < 4.78 is 45.5. The number of piperazine rings is 1. The van der Waals surface area contributed by atoms with Crippen LogP contribution >= 0.6 is 34.5 Å². The number of carboxylic acid groups (broad SMARTS) is 1. The summed E-state index contributed by atoms with van der Waals surface area (Å²) in [7, 11) is 3.75. The van der Waals surface area contributed by atoms with Crippen molar-refractivity contribution in [3.05, 3.63) is 115 Å². The highest BCUT2D eigenvalue weighted by Crippen LogP contribution is 2.53. The molecule has 0 radical (unpaired) electrons. The van der Waals surface area contributed by atoms with Crippen LogP contribution in [0, 0.1) is 25.6 Å². The number of thiophene rings is 1. The highest BCUT2D eigenvalue weighted by Gasteiger charge is 2.46. The second-order valence-corrected chi connectivity index (χ2v) is 19.9. The Morgan fingerprint density at radius 1 is 0.986 bits per heavy atom. The number of fused-ring (bicyclic) bond motifs is 1. The number of aromatic nitrogens is 4. The molecule has 2 aliphatic carbocycles. The third-order valence-corrected chi connectivity index (χ3v) is 15.6. The summed E-state index contributed by atoms with van der Waals surface area (Å²) in [6, 6.07) is 13.4. The molecule has 1 unspecified atom stereocenters. The molecule has 18 heteroatoms. The predicted octanol–water partition coefficient (Wildman–Crippen LogP) is 9.44. The molecule has 364 valence electrons. The van der Waals surface area contributed by atoms with Gasteiger partial charge in [0.2, 0.25) is 0 Å². The molecule has 0 bridgehead atoms. The first-order chi connectivity index (χ1) is 33.3. The van der Waals surface area contributed by atoms with E-state index in [1.807, 2.05) is 38.1 Å². The van der Waals surface area contributed by atoms with Gasteiger partial charge in [0, 0.05) is 68.0 Å². The molecule has 1 saturated heterocycles. The van der Waals surface area contributed by atoms with Gasteiger partial charge in [0.15, 0.2) is 11.6 Å². The van der Waals surface area contributed by atoms with Crippen molar-refractivity contribution in [3.63, 3.8) is 0 Å². The van der Waals surface area contributed by atoms with Crippen LogP contribution < -0.4 is 19.8 Å². The molecule has 2 saturated carbocycles. The number of methoxy groups -OCH3 is 1. The maximum absolute atomic E-state index is 14.1. The van der Waals surface area contributed by atoms with Crippen molar-refractivity contribution < 1.29 is 38.0 Å². The summed E-state index contributed by atoms with van der Waals surface area (Å²) in [5.74, 6) is -0.0404. The minimum atomic E-state index is -0.860. The van der Waals surface area contributed by atoms with Crippen molar-refractivity contribution in [1.82, 2.24) is 29.7 Å². The molecule has 14 nitrogen and oxygen atoms in total. The quantitative estimate of drug-likeness (QED) is 0.0740. The minimum Gasteiger partial charge on any atom is -0.490 e. The second kappa shape index (κ2) is 21.0. The molecule has 3 aromatic heterocycles. The molecule has 3 fully saturated rings. The molecule has 0 amide bonds. The SMILES string of the molecule is COCCOC1(c2nccc(COc3ccc(OC[C@@H](CN4CCN(C)CC4)Oc4c(Cl)c(C)c(-c5c(-c6ccc(F)cc6)sc6nc[nH]c(=O)c56)c(C)c4Cl)cc3C3C[C@H]3C(=O)O)n2)CCCC1. The van der Waals surface area contributed by atoms with Crippen LogP contribution in [0.2, 0.25) is 10.0 Å². The number of aromatic amines is 1. The standard InChI is InChI=1S/C51H55Cl2FN6O8S/c1-29-40(41-42-47(61)56-28-57-48(42)69-46(41)31-7-9-32(54)10-8-31)30(2)44(53)45(43(29)52)68-35(25-60-19-17-59(3)18-20-60)27-65-34-11-12-39(37(23-34)36-24-38(36)49(62)63)66-26-33-13-16-55-50(58-33)51(14-5-6-15-51)67-22-21-64-4/h7-13,16,23,28,35-36,38H,5-6,14-15,17-22,24-27H2,1-4H3,(H,62,63)(H,56,57,61)/t35-,36?,38-/m1/s1. The maximum Gasteiger partial charge on any atom is 0.307 e. The monoisotopic (exact) mass is 1000 g/mol. The molecule has 3 atom stereocenters. The fraction of sp³-hybridized carbons (Fsp3) is 0.431. The van der Waals surface area contributed by atoms with E-state index in [-0.39, 0.29) is 46.3 Å². The molecule has 9 rings (SSSR count). The van der Waals surface area contributed by atoms with E-state index in [0.29, 0.717) is 87.2 Å². The first kappa shape index (κ1) is 48.8. The number of rotatable bonds is 19. The number of benzene rings is 3. The highest BCUT2D eigenvalue weighted by molar-refractivity contribution is 7.22. The number of hydrogen-bond acceptors (Lipinski definition) is 13. The van der Waals surface area contributed by atoms with Crippen LogP contribution in [0.25, 0.3) is 31.8 Å². The van der Waals surface area contributed by atoms with Crippen molar-refractivity contribution >= 4 is 50.7 Å². The molecular weight excluding hydrogens is 947 g/mol. The van der Waals surface area contributed by atoms with E-state index in [4.69, 9.17) is 51.9 Å². The van der Waals surface area contributed by atoms with Crippen LogP contribution in [0.4, 0.5) is 4.39 Å². The van der Waals surface area contributed by atoms with Crippen molar-refractivity contribution in [3.8, 4) is 38.8 Å². The predicted molar refractivity (Wildman–Crippen MR) is 264 cm³/mol. The average Bonchev–Trinajstić information content (AvgIpc) is 3.86. The summed E-state index contributed by atoms with van der Waals surface area (Å²) in [5, 5.41) is 10.9. The number of aliphatic carboxylic acids is 1. The minimum absolute atomic E-state index is 0.106. The summed E-state index contributed by atoms with van der Waals surface area (Å²) >= 11 is 15.9. The summed E-state index contributed by atoms with van der Waals surface area (Å²) in [6.45, 7) is 8.81. The zero-order valence-electron chi connectivity index (χ0n) is 39.0. The summed E-state index contributed by atoms with van der Waals surface area (Å²) in [4.78, 5) is 48.2. The lowest BCUT2D eigenvalue weighted by Crippen LogP contribution is -2.49. The van der Waals surface area contributed by atoms with Gasteiger partial charge in [0.1, 0.15) is 47.1 Å². The van der Waals surface area contributed by atoms with Gasteiger partial charge in [-0.25, -0.2) is 19.3 Å². The van der Waals surface area contributed by atoms with Crippen molar-refractivity contribution in [2.24, 2.45) is 5.92 Å². The Morgan fingerprint density at radius 2 is 1.72 bits per heavy atom. The number of nitrogens with zero attached hydrogens (tertiary/aromatic N) is 5. The van der Waals surface area contributed by atoms with Crippen molar-refractivity contribution in [1.29, 1.82) is 0 Å². The van der Waals surface area contributed by atoms with Gasteiger partial charge < -0.3 is 38.7 Å². The lowest BCUT2D eigenvalue weighted by atomic mass is 9.92. The first-order valence-electron chi connectivity index (χ1n) is 23.2. The van der Waals surface area contributed by atoms with E-state index in [1.54, 1.807) is 25.4 Å². The molecule has 4 heterocycles. The van der Waals surface area contributed by atoms with Gasteiger partial charge in [-0.2, -0.15) is 0 Å². The van der Waals surface area contributed by atoms with E-state index >= 15 is 0 Å². The van der Waals surface area contributed by atoms with Crippen molar-refractivity contribution in [2.45, 2.75) is 70.2 Å². The Morgan fingerprint density at radius 3 is 2.42 bits per heavy atom. The number of halogens is 3. The zero-order chi connectivity index (χ0) is 48.4. The summed E-state index contributed by atoms with van der Waals surface area (Å²) in [5.41, 5.74) is 3.79. The molecular formula is C51H55Cl2FN6O8S. The maximum atomic E-state index is 14.1. The highest BCUT2D eigenvalue weighted by atomic mass is 35.5. The molecule has 69 heavy (non-hydrogen) atoms. The Labute approximate surface area is 413 Å². The third kappa shape index (κ3) is 10.5. The fourth-order valence-corrected chi connectivity index (χ4v) is 11.3. The topological polar surface area (TPSA) is 161 Å². The normalized spacial score (nSPS) is 18.7. The van der Waals surface area contributed by atoms with Crippen LogP contribution in [0.1, 0.15) is 66.2 Å². The van der Waals surface area contributed by atoms with Crippen LogP contribution in [0.15, 0.2) is 65.8 Å². The van der Waals surface area contributed by atoms with Gasteiger partial charge in [0.05, 0.1) is 46.6 Å². The fourth-order valence-electron chi connectivity index (χ4n) is 9.60. The van der Waals surface area contributed by atoms with Crippen LogP contribution in [-0.4, -0.2) is 114 Å². The van der Waals surface area contributed by atoms with Crippen LogP contribution in [-0.2, 0) is 26.5 Å². The Balaban J connectivity index is 0.991.